The molecule has 0 saturated heterocycles. The van der Waals surface area contributed by atoms with Gasteiger partial charge in [0, 0.05) is 0 Å². The first-order valence-corrected chi connectivity index (χ1v) is 7.33. The SMILES string of the molecule is CC1(C)CC(C(=O)O)(S(=O)(=O)c2ccc(F)cc2)C1. The van der Waals surface area contributed by atoms with E-state index in [1.165, 1.54) is 0 Å². The maximum Gasteiger partial charge on any atom is 0.325 e. The normalized spacial score (nSPS) is 20.6. The Kier molecular flexibility index (Phi) is 2.97. The first kappa shape index (κ1) is 14.0. The summed E-state index contributed by atoms with van der Waals surface area (Å²) in [6, 6.07) is 4.26. The van der Waals surface area contributed by atoms with Crippen LogP contribution in [-0.4, -0.2) is 24.2 Å². The first-order chi connectivity index (χ1) is 8.61. The summed E-state index contributed by atoms with van der Waals surface area (Å²) in [5.41, 5.74) is -0.314. The van der Waals surface area contributed by atoms with Gasteiger partial charge in [-0.2, -0.15) is 0 Å². The van der Waals surface area contributed by atoms with Crippen LogP contribution < -0.4 is 0 Å². The van der Waals surface area contributed by atoms with Crippen LogP contribution in [0.25, 0.3) is 0 Å². The Bertz CT molecular complexity index is 609. The highest BCUT2D eigenvalue weighted by molar-refractivity contribution is 7.93. The molecule has 1 fully saturated rings. The Morgan fingerprint density at radius 3 is 2.05 bits per heavy atom. The molecular formula is C13H15FO4S. The van der Waals surface area contributed by atoms with Gasteiger partial charge in [0.2, 0.25) is 0 Å². The van der Waals surface area contributed by atoms with Crippen molar-refractivity contribution >= 4 is 15.8 Å². The number of carboxylic acids is 1. The second-order valence-corrected chi connectivity index (χ2v) is 8.03. The maximum absolute atomic E-state index is 12.8. The number of rotatable bonds is 3. The summed E-state index contributed by atoms with van der Waals surface area (Å²) in [4.78, 5) is 11.3. The fraction of sp³-hybridized carbons (Fsp3) is 0.462. The zero-order valence-electron chi connectivity index (χ0n) is 10.7. The van der Waals surface area contributed by atoms with Gasteiger partial charge in [-0.1, -0.05) is 13.8 Å². The van der Waals surface area contributed by atoms with E-state index in [1.54, 1.807) is 0 Å². The summed E-state index contributed by atoms with van der Waals surface area (Å²) in [6.45, 7) is 3.66. The largest absolute Gasteiger partial charge is 0.480 e. The van der Waals surface area contributed by atoms with Gasteiger partial charge in [-0.15, -0.1) is 0 Å². The molecule has 0 radical (unpaired) electrons. The van der Waals surface area contributed by atoms with E-state index < -0.39 is 26.4 Å². The van der Waals surface area contributed by atoms with Crippen LogP contribution in [0.5, 0.6) is 0 Å². The molecule has 1 aromatic rings. The third-order valence-corrected chi connectivity index (χ3v) is 5.94. The van der Waals surface area contributed by atoms with Crippen LogP contribution in [-0.2, 0) is 14.6 Å². The molecule has 1 saturated carbocycles. The molecule has 0 aromatic heterocycles. The second-order valence-electron chi connectivity index (χ2n) is 5.77. The Morgan fingerprint density at radius 2 is 1.68 bits per heavy atom. The molecule has 6 heteroatoms. The summed E-state index contributed by atoms with van der Waals surface area (Å²) >= 11 is 0. The molecule has 0 aliphatic heterocycles. The Balaban J connectivity index is 2.49. The van der Waals surface area contributed by atoms with Crippen LogP contribution >= 0.6 is 0 Å². The number of benzene rings is 1. The third-order valence-electron chi connectivity index (χ3n) is 3.56. The number of hydrogen-bond donors (Lipinski definition) is 1. The van der Waals surface area contributed by atoms with Gasteiger partial charge in [-0.05, 0) is 42.5 Å². The van der Waals surface area contributed by atoms with Crippen molar-refractivity contribution in [2.45, 2.75) is 36.3 Å². The smallest absolute Gasteiger partial charge is 0.325 e. The van der Waals surface area contributed by atoms with E-state index in [-0.39, 0.29) is 23.2 Å². The number of carbonyl (C=O) groups is 1. The summed E-state index contributed by atoms with van der Waals surface area (Å²) in [5, 5.41) is 9.31. The fourth-order valence-corrected chi connectivity index (χ4v) is 5.13. The standard InChI is InChI=1S/C13H15FO4S/c1-12(2)7-13(8-12,11(15)16)19(17,18)10-5-3-9(14)4-6-10/h3-6H,7-8H2,1-2H3,(H,15,16). The number of sulfone groups is 1. The molecule has 0 heterocycles. The highest BCUT2D eigenvalue weighted by Crippen LogP contribution is 2.54. The van der Waals surface area contributed by atoms with Gasteiger partial charge in [-0.3, -0.25) is 4.79 Å². The van der Waals surface area contributed by atoms with Crippen LogP contribution in [0.1, 0.15) is 26.7 Å². The lowest BCUT2D eigenvalue weighted by atomic mass is 9.64. The summed E-state index contributed by atoms with van der Waals surface area (Å²) < 4.78 is 36.0. The lowest BCUT2D eigenvalue weighted by molar-refractivity contribution is -0.146. The molecule has 1 aliphatic rings. The predicted molar refractivity (Wildman–Crippen MR) is 67.0 cm³/mol. The molecule has 1 aromatic carbocycles. The lowest BCUT2D eigenvalue weighted by Gasteiger charge is -2.49. The second kappa shape index (κ2) is 4.03. The Hall–Kier alpha value is -1.43. The van der Waals surface area contributed by atoms with Gasteiger partial charge in [-0.25, -0.2) is 12.8 Å². The fourth-order valence-electron chi connectivity index (χ4n) is 2.79. The average Bonchev–Trinajstić information content (AvgIpc) is 2.25. The van der Waals surface area contributed by atoms with Crippen LogP contribution in [0.2, 0.25) is 0 Å². The molecule has 104 valence electrons. The molecular weight excluding hydrogens is 271 g/mol. The van der Waals surface area contributed by atoms with Crippen LogP contribution in [0, 0.1) is 11.2 Å². The van der Waals surface area contributed by atoms with Crippen molar-refractivity contribution in [3.63, 3.8) is 0 Å². The minimum absolute atomic E-state index is 0.0645. The van der Waals surface area contributed by atoms with Crippen molar-refractivity contribution in [2.75, 3.05) is 0 Å². The minimum atomic E-state index is -4.02. The molecule has 1 aliphatic carbocycles. The van der Waals surface area contributed by atoms with Crippen LogP contribution in [0.4, 0.5) is 4.39 Å². The van der Waals surface area contributed by atoms with E-state index in [0.29, 0.717) is 0 Å². The summed E-state index contributed by atoms with van der Waals surface area (Å²) in [7, 11) is -4.02. The Labute approximate surface area is 111 Å². The third kappa shape index (κ3) is 2.04. The van der Waals surface area contributed by atoms with Crippen LogP contribution in [0.3, 0.4) is 0 Å². The Morgan fingerprint density at radius 1 is 1.21 bits per heavy atom. The molecule has 2 rings (SSSR count). The van der Waals surface area contributed by atoms with Gasteiger partial charge in [0.05, 0.1) is 4.90 Å². The zero-order chi connectivity index (χ0) is 14.5. The van der Waals surface area contributed by atoms with Crippen molar-refractivity contribution in [2.24, 2.45) is 5.41 Å². The monoisotopic (exact) mass is 286 g/mol. The predicted octanol–water partition coefficient (Wildman–Crippen LogP) is 2.24. The lowest BCUT2D eigenvalue weighted by Crippen LogP contribution is -2.59. The summed E-state index contributed by atoms with van der Waals surface area (Å²) in [5.74, 6) is -1.89. The number of carboxylic acid groups (broad SMARTS) is 1. The summed E-state index contributed by atoms with van der Waals surface area (Å²) in [6.07, 6.45) is 0.129. The maximum atomic E-state index is 12.8. The zero-order valence-corrected chi connectivity index (χ0v) is 11.5. The molecule has 4 nitrogen and oxygen atoms in total. The van der Waals surface area contributed by atoms with Gasteiger partial charge >= 0.3 is 5.97 Å². The van der Waals surface area contributed by atoms with E-state index in [2.05, 4.69) is 0 Å². The van der Waals surface area contributed by atoms with E-state index >= 15 is 0 Å². The van der Waals surface area contributed by atoms with E-state index in [0.717, 1.165) is 24.3 Å². The number of halogens is 1. The number of hydrogen-bond acceptors (Lipinski definition) is 3. The highest BCUT2D eigenvalue weighted by Gasteiger charge is 2.63. The van der Waals surface area contributed by atoms with Crippen molar-refractivity contribution in [1.29, 1.82) is 0 Å². The first-order valence-electron chi connectivity index (χ1n) is 5.84. The molecule has 0 bridgehead atoms. The van der Waals surface area contributed by atoms with Crippen molar-refractivity contribution in [3.8, 4) is 0 Å². The van der Waals surface area contributed by atoms with Crippen LogP contribution in [0.15, 0.2) is 29.2 Å². The van der Waals surface area contributed by atoms with Crippen molar-refractivity contribution in [3.05, 3.63) is 30.1 Å². The molecule has 1 N–H and O–H groups in total. The van der Waals surface area contributed by atoms with Gasteiger partial charge < -0.3 is 5.11 Å². The topological polar surface area (TPSA) is 71.4 Å². The van der Waals surface area contributed by atoms with Crippen molar-refractivity contribution < 1.29 is 22.7 Å². The molecule has 0 amide bonds. The quantitative estimate of drug-likeness (QED) is 0.865. The van der Waals surface area contributed by atoms with Gasteiger partial charge in [0.15, 0.2) is 14.6 Å². The average molecular weight is 286 g/mol. The number of aliphatic carboxylic acids is 1. The molecule has 0 atom stereocenters. The van der Waals surface area contributed by atoms with E-state index in [4.69, 9.17) is 0 Å². The minimum Gasteiger partial charge on any atom is -0.480 e. The molecule has 0 spiro atoms. The van der Waals surface area contributed by atoms with Gasteiger partial charge in [0.1, 0.15) is 5.82 Å². The van der Waals surface area contributed by atoms with Crippen molar-refractivity contribution in [1.82, 2.24) is 0 Å². The molecule has 19 heavy (non-hydrogen) atoms. The molecule has 0 unspecified atom stereocenters. The van der Waals surface area contributed by atoms with E-state index in [9.17, 15) is 22.7 Å². The van der Waals surface area contributed by atoms with Gasteiger partial charge in [0.25, 0.3) is 0 Å². The highest BCUT2D eigenvalue weighted by atomic mass is 32.2. The van der Waals surface area contributed by atoms with E-state index in [1.807, 2.05) is 13.8 Å².